The minimum atomic E-state index is -3.56. The molecule has 0 spiro atoms. The highest BCUT2D eigenvalue weighted by atomic mass is 35.5. The summed E-state index contributed by atoms with van der Waals surface area (Å²) in [7, 11) is -3.56. The predicted octanol–water partition coefficient (Wildman–Crippen LogP) is 3.52. The Kier molecular flexibility index (Phi) is 6.56. The Labute approximate surface area is 179 Å². The van der Waals surface area contributed by atoms with E-state index in [1.54, 1.807) is 12.1 Å². The zero-order valence-corrected chi connectivity index (χ0v) is 17.5. The summed E-state index contributed by atoms with van der Waals surface area (Å²) in [5.41, 5.74) is 7.37. The number of nitrogens with zero attached hydrogens (tertiary/aromatic N) is 2. The van der Waals surface area contributed by atoms with Crippen molar-refractivity contribution in [2.75, 3.05) is 6.54 Å². The van der Waals surface area contributed by atoms with Gasteiger partial charge in [-0.05, 0) is 48.7 Å². The highest BCUT2D eigenvalue weighted by Gasteiger charge is 2.28. The summed E-state index contributed by atoms with van der Waals surface area (Å²) >= 11 is 0. The Morgan fingerprint density at radius 3 is 2.60 bits per heavy atom. The maximum atomic E-state index is 14.3. The van der Waals surface area contributed by atoms with Crippen molar-refractivity contribution in [3.05, 3.63) is 60.4 Å². The molecule has 1 heterocycles. The first-order chi connectivity index (χ1) is 13.9. The summed E-state index contributed by atoms with van der Waals surface area (Å²) in [6.07, 6.45) is 4.39. The zero-order chi connectivity index (χ0) is 20.6. The van der Waals surface area contributed by atoms with Gasteiger partial charge in [-0.2, -0.15) is 0 Å². The van der Waals surface area contributed by atoms with Crippen molar-refractivity contribution in [3.8, 4) is 11.1 Å². The van der Waals surface area contributed by atoms with Crippen molar-refractivity contribution >= 4 is 33.5 Å². The number of nitrogens with two attached hydrogens (primary N) is 1. The molecule has 0 amide bonds. The Morgan fingerprint density at radius 1 is 1.27 bits per heavy atom. The average Bonchev–Trinajstić information content (AvgIpc) is 3.40. The molecule has 1 saturated carbocycles. The molecule has 0 saturated heterocycles. The molecule has 30 heavy (non-hydrogen) atoms. The van der Waals surface area contributed by atoms with Crippen LogP contribution < -0.4 is 10.5 Å². The van der Waals surface area contributed by atoms with Gasteiger partial charge in [-0.3, -0.25) is 0 Å². The molecule has 6 nitrogen and oxygen atoms in total. The molecule has 0 atom stereocenters. The highest BCUT2D eigenvalue weighted by molar-refractivity contribution is 7.89. The summed E-state index contributed by atoms with van der Waals surface area (Å²) in [5.74, 6) is -0.931. The lowest BCUT2D eigenvalue weighted by atomic mass is 10.0. The molecule has 160 valence electrons. The lowest BCUT2D eigenvalue weighted by Crippen LogP contribution is -2.25. The molecule has 0 radical (unpaired) electrons. The van der Waals surface area contributed by atoms with Gasteiger partial charge in [0.1, 0.15) is 11.6 Å². The molecular formula is C20H21ClF2N4O2S. The second-order valence-corrected chi connectivity index (χ2v) is 8.71. The first kappa shape index (κ1) is 22.4. The van der Waals surface area contributed by atoms with Crippen molar-refractivity contribution in [1.29, 1.82) is 0 Å². The number of imidazole rings is 1. The van der Waals surface area contributed by atoms with E-state index in [4.69, 9.17) is 5.73 Å². The number of aromatic nitrogens is 2. The lowest BCUT2D eigenvalue weighted by Gasteiger charge is -2.08. The molecule has 4 rings (SSSR count). The fourth-order valence-electron chi connectivity index (χ4n) is 3.13. The smallest absolute Gasteiger partial charge is 0.240 e. The number of benzene rings is 2. The van der Waals surface area contributed by atoms with Crippen LogP contribution in [0.2, 0.25) is 0 Å². The van der Waals surface area contributed by atoms with Gasteiger partial charge in [0.15, 0.2) is 0 Å². The largest absolute Gasteiger partial charge is 0.327 e. The van der Waals surface area contributed by atoms with Gasteiger partial charge in [0.25, 0.3) is 0 Å². The molecule has 0 unspecified atom stereocenters. The van der Waals surface area contributed by atoms with E-state index in [-0.39, 0.29) is 36.4 Å². The zero-order valence-electron chi connectivity index (χ0n) is 15.9. The summed E-state index contributed by atoms with van der Waals surface area (Å²) in [6, 6.07) is 8.83. The molecule has 2 aromatic carbocycles. The SMILES string of the molecule is Cl.NC/C=C(\F)Cn1cnc2c(-c3ccc(S(=O)(=O)NC4CC4)cc3)cc(F)cc21. The van der Waals surface area contributed by atoms with Crippen LogP contribution in [0.3, 0.4) is 0 Å². The molecule has 0 bridgehead atoms. The number of allylic oxidation sites excluding steroid dienone is 1. The number of fused-ring (bicyclic) bond motifs is 1. The first-order valence-electron chi connectivity index (χ1n) is 9.19. The average molecular weight is 455 g/mol. The van der Waals surface area contributed by atoms with Gasteiger partial charge in [-0.25, -0.2) is 26.9 Å². The topological polar surface area (TPSA) is 90.0 Å². The predicted molar refractivity (Wildman–Crippen MR) is 114 cm³/mol. The maximum absolute atomic E-state index is 14.3. The highest BCUT2D eigenvalue weighted by Crippen LogP contribution is 2.30. The second kappa shape index (κ2) is 8.81. The van der Waals surface area contributed by atoms with E-state index < -0.39 is 21.7 Å². The monoisotopic (exact) mass is 454 g/mol. The Bertz CT molecular complexity index is 1190. The normalized spacial score (nSPS) is 14.7. The number of sulfonamides is 1. The van der Waals surface area contributed by atoms with Crippen molar-refractivity contribution in [3.63, 3.8) is 0 Å². The fourth-order valence-corrected chi connectivity index (χ4v) is 4.44. The minimum Gasteiger partial charge on any atom is -0.327 e. The third kappa shape index (κ3) is 4.70. The standard InChI is InChI=1S/C20H20F2N4O2S.ClH/c21-14(7-8-23)11-26-12-24-20-18(9-15(22)10-19(20)26)13-1-5-17(6-2-13)29(27,28)25-16-3-4-16;/h1-2,5-7,9-10,12,16,25H,3-4,8,11,23H2;1H/b14-7-;. The second-order valence-electron chi connectivity index (χ2n) is 7.00. The number of hydrogen-bond donors (Lipinski definition) is 2. The van der Waals surface area contributed by atoms with Gasteiger partial charge in [0.05, 0.1) is 28.8 Å². The van der Waals surface area contributed by atoms with Crippen LogP contribution in [0.4, 0.5) is 8.78 Å². The molecule has 1 aromatic heterocycles. The van der Waals surface area contributed by atoms with Gasteiger partial charge in [-0.1, -0.05) is 12.1 Å². The summed E-state index contributed by atoms with van der Waals surface area (Å²) in [5, 5.41) is 0. The van der Waals surface area contributed by atoms with Crippen molar-refractivity contribution in [1.82, 2.24) is 14.3 Å². The lowest BCUT2D eigenvalue weighted by molar-refractivity contribution is 0.557. The summed E-state index contributed by atoms with van der Waals surface area (Å²) in [6.45, 7) is -0.0243. The molecule has 1 fully saturated rings. The van der Waals surface area contributed by atoms with Crippen LogP contribution in [0.15, 0.2) is 59.5 Å². The van der Waals surface area contributed by atoms with Gasteiger partial charge in [0, 0.05) is 18.2 Å². The van der Waals surface area contributed by atoms with Crippen molar-refractivity contribution in [2.24, 2.45) is 5.73 Å². The number of nitrogens with one attached hydrogen (secondary N) is 1. The van der Waals surface area contributed by atoms with E-state index in [1.165, 1.54) is 41.2 Å². The van der Waals surface area contributed by atoms with Crippen LogP contribution in [0.1, 0.15) is 12.8 Å². The van der Waals surface area contributed by atoms with Crippen LogP contribution in [-0.4, -0.2) is 30.6 Å². The number of halogens is 3. The van der Waals surface area contributed by atoms with Gasteiger partial charge in [-0.15, -0.1) is 12.4 Å². The fraction of sp³-hybridized carbons (Fsp3) is 0.250. The minimum absolute atomic E-state index is 0. The Morgan fingerprint density at radius 2 is 1.97 bits per heavy atom. The van der Waals surface area contributed by atoms with Crippen molar-refractivity contribution < 1.29 is 17.2 Å². The molecule has 10 heteroatoms. The van der Waals surface area contributed by atoms with Crippen LogP contribution in [0.25, 0.3) is 22.2 Å². The maximum Gasteiger partial charge on any atom is 0.240 e. The molecule has 1 aliphatic carbocycles. The van der Waals surface area contributed by atoms with Crippen LogP contribution in [0.5, 0.6) is 0 Å². The van der Waals surface area contributed by atoms with Gasteiger partial charge >= 0.3 is 0 Å². The summed E-state index contributed by atoms with van der Waals surface area (Å²) in [4.78, 5) is 4.46. The van der Waals surface area contributed by atoms with E-state index in [0.717, 1.165) is 12.8 Å². The third-order valence-electron chi connectivity index (χ3n) is 4.73. The Hall–Kier alpha value is -2.33. The van der Waals surface area contributed by atoms with E-state index >= 15 is 0 Å². The quantitative estimate of drug-likeness (QED) is 0.571. The Balaban J connectivity index is 0.00000256. The van der Waals surface area contributed by atoms with Crippen LogP contribution >= 0.6 is 12.4 Å². The van der Waals surface area contributed by atoms with Gasteiger partial charge in [0.2, 0.25) is 10.0 Å². The van der Waals surface area contributed by atoms with E-state index in [9.17, 15) is 17.2 Å². The molecular weight excluding hydrogens is 434 g/mol. The number of hydrogen-bond acceptors (Lipinski definition) is 4. The third-order valence-corrected chi connectivity index (χ3v) is 6.26. The van der Waals surface area contributed by atoms with E-state index in [1.807, 2.05) is 0 Å². The van der Waals surface area contributed by atoms with E-state index in [2.05, 4.69) is 9.71 Å². The van der Waals surface area contributed by atoms with Crippen LogP contribution in [0, 0.1) is 5.82 Å². The van der Waals surface area contributed by atoms with Gasteiger partial charge < -0.3 is 10.3 Å². The molecule has 3 aromatic rings. The molecule has 3 N–H and O–H groups in total. The van der Waals surface area contributed by atoms with Crippen LogP contribution in [-0.2, 0) is 16.6 Å². The van der Waals surface area contributed by atoms with E-state index in [0.29, 0.717) is 22.2 Å². The summed E-state index contributed by atoms with van der Waals surface area (Å²) < 4.78 is 56.9. The van der Waals surface area contributed by atoms with Crippen molar-refractivity contribution in [2.45, 2.75) is 30.3 Å². The molecule has 1 aliphatic rings. The molecule has 0 aliphatic heterocycles. The first-order valence-corrected chi connectivity index (χ1v) is 10.7. The number of rotatable bonds is 7.